The molecule has 0 aliphatic heterocycles. The van der Waals surface area contributed by atoms with Gasteiger partial charge in [-0.3, -0.25) is 4.79 Å². The van der Waals surface area contributed by atoms with Crippen LogP contribution in [0.15, 0.2) is 54.6 Å². The molecule has 0 bridgehead atoms. The lowest BCUT2D eigenvalue weighted by atomic mass is 9.55. The minimum absolute atomic E-state index is 0.179. The van der Waals surface area contributed by atoms with Crippen LogP contribution in [0.2, 0.25) is 0 Å². The molecule has 0 amide bonds. The van der Waals surface area contributed by atoms with Gasteiger partial charge in [-0.2, -0.15) is 0 Å². The summed E-state index contributed by atoms with van der Waals surface area (Å²) >= 11 is 0. The zero-order valence-corrected chi connectivity index (χ0v) is 17.2. The van der Waals surface area contributed by atoms with Crippen molar-refractivity contribution in [1.82, 2.24) is 0 Å². The van der Waals surface area contributed by atoms with Crippen LogP contribution in [0, 0.1) is 17.3 Å². The third-order valence-electron chi connectivity index (χ3n) is 7.52. The van der Waals surface area contributed by atoms with Crippen LogP contribution < -0.4 is 9.47 Å². The van der Waals surface area contributed by atoms with Gasteiger partial charge in [0.15, 0.2) is 17.3 Å². The maximum atomic E-state index is 12.5. The molecule has 0 unspecified atom stereocenters. The number of fused-ring (bicyclic) bond motifs is 5. The summed E-state index contributed by atoms with van der Waals surface area (Å²) in [5.41, 5.74) is 3.75. The number of rotatable bonds is 4. The topological polar surface area (TPSA) is 35.5 Å². The molecule has 0 radical (unpaired) electrons. The SMILES string of the molecule is COc1cc2c(cc1OCc1ccccc1)CC[C@@H]1[C@@H]2CC[C@]2(C)C(=O)C=C[C@@H]12. The van der Waals surface area contributed by atoms with Crippen molar-refractivity contribution in [3.63, 3.8) is 0 Å². The molecule has 29 heavy (non-hydrogen) atoms. The highest BCUT2D eigenvalue weighted by atomic mass is 16.5. The standard InChI is InChI=1S/C26H28O3/c1-26-13-12-19-20(22(26)10-11-25(26)27)9-8-18-14-24(23(28-2)15-21(18)19)29-16-17-6-4-3-5-7-17/h3-7,10-11,14-15,19-20,22H,8-9,12-13,16H2,1-2H3/t19-,20+,22-,26-/m0/s1. The molecule has 0 aromatic heterocycles. The minimum Gasteiger partial charge on any atom is -0.493 e. The number of ether oxygens (including phenoxy) is 2. The zero-order valence-electron chi connectivity index (χ0n) is 17.2. The molecule has 2 aromatic carbocycles. The highest BCUT2D eigenvalue weighted by Crippen LogP contribution is 2.58. The van der Waals surface area contributed by atoms with E-state index in [1.54, 1.807) is 7.11 Å². The molecule has 3 heteroatoms. The van der Waals surface area contributed by atoms with Crippen molar-refractivity contribution in [3.8, 4) is 11.5 Å². The Balaban J connectivity index is 1.43. The number of methoxy groups -OCH3 is 1. The summed E-state index contributed by atoms with van der Waals surface area (Å²) in [6, 6.07) is 14.6. The average molecular weight is 389 g/mol. The number of carbonyl (C=O) groups is 1. The van der Waals surface area contributed by atoms with Gasteiger partial charge in [0.2, 0.25) is 0 Å². The fourth-order valence-corrected chi connectivity index (χ4v) is 5.86. The van der Waals surface area contributed by atoms with Crippen molar-refractivity contribution in [3.05, 3.63) is 71.3 Å². The van der Waals surface area contributed by atoms with E-state index in [4.69, 9.17) is 9.47 Å². The second-order valence-electron chi connectivity index (χ2n) is 8.99. The van der Waals surface area contributed by atoms with E-state index in [1.807, 2.05) is 24.3 Å². The lowest BCUT2D eigenvalue weighted by molar-refractivity contribution is -0.126. The van der Waals surface area contributed by atoms with E-state index in [0.29, 0.717) is 30.1 Å². The van der Waals surface area contributed by atoms with Gasteiger partial charge in [-0.05, 0) is 78.3 Å². The lowest BCUT2D eigenvalue weighted by Gasteiger charge is -2.48. The third kappa shape index (κ3) is 2.99. The summed E-state index contributed by atoms with van der Waals surface area (Å²) in [7, 11) is 1.72. The molecular weight excluding hydrogens is 360 g/mol. The highest BCUT2D eigenvalue weighted by Gasteiger charge is 2.52. The summed E-state index contributed by atoms with van der Waals surface area (Å²) in [6.45, 7) is 2.71. The Morgan fingerprint density at radius 1 is 1.10 bits per heavy atom. The fourth-order valence-electron chi connectivity index (χ4n) is 5.86. The van der Waals surface area contributed by atoms with E-state index < -0.39 is 0 Å². The zero-order chi connectivity index (χ0) is 20.0. The summed E-state index contributed by atoms with van der Waals surface area (Å²) in [4.78, 5) is 12.5. The predicted octanol–water partition coefficient (Wildman–Crippen LogP) is 5.48. The van der Waals surface area contributed by atoms with E-state index in [9.17, 15) is 4.79 Å². The van der Waals surface area contributed by atoms with Crippen LogP contribution in [-0.4, -0.2) is 12.9 Å². The van der Waals surface area contributed by atoms with Gasteiger partial charge in [-0.1, -0.05) is 43.3 Å². The Labute approximate surface area is 172 Å². The van der Waals surface area contributed by atoms with Crippen LogP contribution in [-0.2, 0) is 17.8 Å². The van der Waals surface area contributed by atoms with Gasteiger partial charge in [0.05, 0.1) is 7.11 Å². The summed E-state index contributed by atoms with van der Waals surface area (Å²) in [6.07, 6.45) is 8.25. The third-order valence-corrected chi connectivity index (χ3v) is 7.52. The van der Waals surface area contributed by atoms with Gasteiger partial charge in [-0.15, -0.1) is 0 Å². The molecule has 0 N–H and O–H groups in total. The average Bonchev–Trinajstić information content (AvgIpc) is 3.06. The molecule has 150 valence electrons. The Bertz CT molecular complexity index is 961. The largest absolute Gasteiger partial charge is 0.493 e. The molecule has 1 fully saturated rings. The number of hydrogen-bond acceptors (Lipinski definition) is 3. The minimum atomic E-state index is -0.179. The first-order valence-corrected chi connectivity index (χ1v) is 10.7. The molecule has 0 spiro atoms. The van der Waals surface area contributed by atoms with Crippen molar-refractivity contribution in [1.29, 1.82) is 0 Å². The number of hydrogen-bond donors (Lipinski definition) is 0. The van der Waals surface area contributed by atoms with Crippen molar-refractivity contribution in [2.24, 2.45) is 17.3 Å². The lowest BCUT2D eigenvalue weighted by Crippen LogP contribution is -2.42. The molecule has 3 aliphatic carbocycles. The molecular formula is C26H28O3. The predicted molar refractivity (Wildman–Crippen MR) is 113 cm³/mol. The smallest absolute Gasteiger partial charge is 0.161 e. The number of aryl methyl sites for hydroxylation is 1. The molecule has 2 aromatic rings. The maximum Gasteiger partial charge on any atom is 0.161 e. The molecule has 3 aliphatic rings. The van der Waals surface area contributed by atoms with E-state index in [1.165, 1.54) is 11.1 Å². The van der Waals surface area contributed by atoms with Crippen LogP contribution in [0.3, 0.4) is 0 Å². The number of benzene rings is 2. The summed E-state index contributed by atoms with van der Waals surface area (Å²) < 4.78 is 11.8. The second-order valence-corrected chi connectivity index (χ2v) is 8.99. The van der Waals surface area contributed by atoms with Gasteiger partial charge < -0.3 is 9.47 Å². The maximum absolute atomic E-state index is 12.5. The van der Waals surface area contributed by atoms with E-state index in [2.05, 4.69) is 37.3 Å². The number of allylic oxidation sites excluding steroid dienone is 2. The van der Waals surface area contributed by atoms with Gasteiger partial charge in [0, 0.05) is 5.41 Å². The quantitative estimate of drug-likeness (QED) is 0.696. The first kappa shape index (κ1) is 18.5. The first-order valence-electron chi connectivity index (χ1n) is 10.7. The Hall–Kier alpha value is -2.55. The van der Waals surface area contributed by atoms with Crippen LogP contribution >= 0.6 is 0 Å². The van der Waals surface area contributed by atoms with Gasteiger partial charge in [-0.25, -0.2) is 0 Å². The first-order chi connectivity index (χ1) is 14.1. The normalized spacial score (nSPS) is 29.7. The van der Waals surface area contributed by atoms with Gasteiger partial charge >= 0.3 is 0 Å². The van der Waals surface area contributed by atoms with E-state index >= 15 is 0 Å². The molecule has 4 atom stereocenters. The molecule has 5 rings (SSSR count). The van der Waals surface area contributed by atoms with Crippen LogP contribution in [0.25, 0.3) is 0 Å². The summed E-state index contributed by atoms with van der Waals surface area (Å²) in [5.74, 6) is 3.39. The molecule has 1 saturated carbocycles. The number of carbonyl (C=O) groups excluding carboxylic acids is 1. The van der Waals surface area contributed by atoms with Crippen LogP contribution in [0.1, 0.15) is 48.8 Å². The van der Waals surface area contributed by atoms with Crippen LogP contribution in [0.4, 0.5) is 0 Å². The summed E-state index contributed by atoms with van der Waals surface area (Å²) in [5, 5.41) is 0. The van der Waals surface area contributed by atoms with Gasteiger partial charge in [0.25, 0.3) is 0 Å². The second kappa shape index (κ2) is 7.05. The van der Waals surface area contributed by atoms with E-state index in [-0.39, 0.29) is 5.41 Å². The van der Waals surface area contributed by atoms with Crippen molar-refractivity contribution >= 4 is 5.78 Å². The van der Waals surface area contributed by atoms with Gasteiger partial charge in [0.1, 0.15) is 6.61 Å². The Kier molecular flexibility index (Phi) is 4.49. The fraction of sp³-hybridized carbons (Fsp3) is 0.423. The molecule has 3 nitrogen and oxygen atoms in total. The molecule has 0 saturated heterocycles. The van der Waals surface area contributed by atoms with Crippen molar-refractivity contribution in [2.45, 2.75) is 45.1 Å². The van der Waals surface area contributed by atoms with E-state index in [0.717, 1.165) is 42.7 Å². The number of ketones is 1. The highest BCUT2D eigenvalue weighted by molar-refractivity contribution is 5.97. The van der Waals surface area contributed by atoms with Crippen LogP contribution in [0.5, 0.6) is 11.5 Å². The monoisotopic (exact) mass is 388 g/mol. The molecule has 0 heterocycles. The Morgan fingerprint density at radius 3 is 2.72 bits per heavy atom. The van der Waals surface area contributed by atoms with Crippen molar-refractivity contribution in [2.75, 3.05) is 7.11 Å². The van der Waals surface area contributed by atoms with Crippen molar-refractivity contribution < 1.29 is 14.3 Å². The Morgan fingerprint density at radius 2 is 1.93 bits per heavy atom.